The molecule has 0 aliphatic heterocycles. The second-order valence-corrected chi connectivity index (χ2v) is 0.994. The monoisotopic (exact) mass is 135 g/mol. The van der Waals surface area contributed by atoms with Gasteiger partial charge in [-0.2, -0.15) is 0 Å². The van der Waals surface area contributed by atoms with Crippen molar-refractivity contribution in [2.75, 3.05) is 0 Å². The molecule has 0 aromatic rings. The van der Waals surface area contributed by atoms with Gasteiger partial charge in [0.15, 0.2) is 0 Å². The fraction of sp³-hybridized carbons (Fsp3) is 0.500. The Labute approximate surface area is 52.3 Å². The lowest BCUT2D eigenvalue weighted by atomic mass is 10.5. The van der Waals surface area contributed by atoms with Gasteiger partial charge in [0.25, 0.3) is 6.47 Å². The van der Waals surface area contributed by atoms with E-state index in [1.807, 2.05) is 0 Å². The molecular weight excluding hydrogens is 126 g/mol. The van der Waals surface area contributed by atoms with Gasteiger partial charge in [-0.3, -0.25) is 14.8 Å². The first-order valence-corrected chi connectivity index (χ1v) is 2.23. The van der Waals surface area contributed by atoms with Crippen molar-refractivity contribution in [3.05, 3.63) is 0 Å². The van der Waals surface area contributed by atoms with Gasteiger partial charge in [-0.25, -0.2) is 5.48 Å². The molecule has 0 aromatic heterocycles. The van der Waals surface area contributed by atoms with Crippen molar-refractivity contribution in [2.45, 2.75) is 13.3 Å². The summed E-state index contributed by atoms with van der Waals surface area (Å²) in [6.45, 7) is 1.41. The molecule has 54 valence electrons. The van der Waals surface area contributed by atoms with Gasteiger partial charge in [0.05, 0.1) is 0 Å². The fourth-order valence-corrected chi connectivity index (χ4v) is 0.0791. The number of hydroxylamine groups is 1. The summed E-state index contributed by atoms with van der Waals surface area (Å²) in [6.07, 6.45) is 0.330. The Kier molecular flexibility index (Phi) is 12.0. The zero-order valence-corrected chi connectivity index (χ0v) is 5.00. The molecule has 0 saturated heterocycles. The zero-order chi connectivity index (χ0) is 7.70. The first-order chi connectivity index (χ1) is 4.22. The summed E-state index contributed by atoms with van der Waals surface area (Å²) in [7, 11) is 0. The highest BCUT2D eigenvalue weighted by Gasteiger charge is 1.86. The highest BCUT2D eigenvalue weighted by molar-refractivity contribution is 5.73. The molecular formula is C4H9NO4. The van der Waals surface area contributed by atoms with Gasteiger partial charge in [-0.1, -0.05) is 6.92 Å². The molecule has 0 aromatic carbocycles. The van der Waals surface area contributed by atoms with Crippen LogP contribution in [0, 0.1) is 0 Å². The average Bonchev–Trinajstić information content (AvgIpc) is 1.88. The van der Waals surface area contributed by atoms with E-state index in [4.69, 9.17) is 15.1 Å². The quantitative estimate of drug-likeness (QED) is 0.259. The minimum absolute atomic E-state index is 0.250. The van der Waals surface area contributed by atoms with Crippen LogP contribution in [0.25, 0.3) is 0 Å². The molecule has 0 spiro atoms. The summed E-state index contributed by atoms with van der Waals surface area (Å²) < 4.78 is 0. The van der Waals surface area contributed by atoms with Gasteiger partial charge in [0.1, 0.15) is 0 Å². The van der Waals surface area contributed by atoms with E-state index >= 15 is 0 Å². The third-order valence-electron chi connectivity index (χ3n) is 0.446. The van der Waals surface area contributed by atoms with E-state index in [1.54, 1.807) is 6.92 Å². The molecule has 3 N–H and O–H groups in total. The summed E-state index contributed by atoms with van der Waals surface area (Å²) in [5.41, 5.74) is 1.48. The van der Waals surface area contributed by atoms with E-state index in [9.17, 15) is 4.79 Å². The smallest absolute Gasteiger partial charge is 0.290 e. The molecule has 0 heterocycles. The van der Waals surface area contributed by atoms with Crippen molar-refractivity contribution in [1.82, 2.24) is 5.48 Å². The fourth-order valence-electron chi connectivity index (χ4n) is 0.0791. The van der Waals surface area contributed by atoms with Crippen LogP contribution in [0.5, 0.6) is 0 Å². The molecule has 0 radical (unpaired) electrons. The summed E-state index contributed by atoms with van der Waals surface area (Å²) >= 11 is 0. The number of nitrogens with one attached hydrogen (secondary N) is 1. The van der Waals surface area contributed by atoms with Crippen LogP contribution in [0.2, 0.25) is 0 Å². The van der Waals surface area contributed by atoms with E-state index in [2.05, 4.69) is 0 Å². The first-order valence-electron chi connectivity index (χ1n) is 2.23. The summed E-state index contributed by atoms with van der Waals surface area (Å²) in [6, 6.07) is 0. The van der Waals surface area contributed by atoms with Gasteiger partial charge >= 0.3 is 0 Å². The minimum Gasteiger partial charge on any atom is -0.483 e. The predicted octanol–water partition coefficient (Wildman–Crippen LogP) is -0.397. The molecule has 0 unspecified atom stereocenters. The summed E-state index contributed by atoms with van der Waals surface area (Å²) in [5, 5.41) is 14.6. The van der Waals surface area contributed by atoms with Crippen molar-refractivity contribution in [1.29, 1.82) is 0 Å². The number of amides is 1. The Morgan fingerprint density at radius 2 is 2.11 bits per heavy atom. The van der Waals surface area contributed by atoms with Crippen molar-refractivity contribution >= 4 is 12.4 Å². The molecule has 0 aliphatic carbocycles. The normalized spacial score (nSPS) is 6.44. The molecule has 0 aliphatic rings. The molecule has 0 bridgehead atoms. The van der Waals surface area contributed by atoms with Crippen molar-refractivity contribution in [2.24, 2.45) is 0 Å². The second-order valence-electron chi connectivity index (χ2n) is 0.994. The van der Waals surface area contributed by atoms with Gasteiger partial charge in [-0.05, 0) is 0 Å². The molecule has 1 amide bonds. The molecule has 0 fully saturated rings. The Bertz CT molecular complexity index is 76.6. The Balaban J connectivity index is 0. The predicted molar refractivity (Wildman–Crippen MR) is 28.9 cm³/mol. The summed E-state index contributed by atoms with van der Waals surface area (Å²) in [4.78, 5) is 18.2. The molecule has 0 atom stereocenters. The van der Waals surface area contributed by atoms with Crippen LogP contribution < -0.4 is 5.48 Å². The van der Waals surface area contributed by atoms with Crippen LogP contribution in [-0.2, 0) is 9.59 Å². The van der Waals surface area contributed by atoms with Gasteiger partial charge < -0.3 is 5.11 Å². The maximum absolute atomic E-state index is 9.82. The maximum atomic E-state index is 9.82. The van der Waals surface area contributed by atoms with Gasteiger partial charge in [-0.15, -0.1) is 0 Å². The topological polar surface area (TPSA) is 86.6 Å². The van der Waals surface area contributed by atoms with Crippen LogP contribution in [0.3, 0.4) is 0 Å². The van der Waals surface area contributed by atoms with E-state index < -0.39 is 0 Å². The van der Waals surface area contributed by atoms with Crippen LogP contribution in [0.15, 0.2) is 0 Å². The number of rotatable bonds is 1. The third kappa shape index (κ3) is 19.7. The first kappa shape index (κ1) is 10.8. The lowest BCUT2D eigenvalue weighted by molar-refractivity contribution is -0.128. The molecule has 0 rings (SSSR count). The number of carbonyl (C=O) groups is 2. The lowest BCUT2D eigenvalue weighted by Gasteiger charge is -1.85. The van der Waals surface area contributed by atoms with E-state index in [0.717, 1.165) is 0 Å². The molecule has 0 saturated carbocycles. The Morgan fingerprint density at radius 1 is 1.78 bits per heavy atom. The second kappa shape index (κ2) is 10.0. The van der Waals surface area contributed by atoms with Crippen LogP contribution in [-0.4, -0.2) is 22.7 Å². The third-order valence-corrected chi connectivity index (χ3v) is 0.446. The maximum Gasteiger partial charge on any atom is 0.290 e. The highest BCUT2D eigenvalue weighted by Crippen LogP contribution is 1.68. The number of carbonyl (C=O) groups excluding carboxylic acids is 1. The van der Waals surface area contributed by atoms with E-state index in [1.165, 1.54) is 5.48 Å². The number of hydrogen-bond acceptors (Lipinski definition) is 3. The molecule has 5 nitrogen and oxygen atoms in total. The largest absolute Gasteiger partial charge is 0.483 e. The summed E-state index contributed by atoms with van der Waals surface area (Å²) in [5.74, 6) is -0.352. The van der Waals surface area contributed by atoms with Crippen LogP contribution >= 0.6 is 0 Å². The van der Waals surface area contributed by atoms with E-state index in [0.29, 0.717) is 6.42 Å². The molecule has 9 heavy (non-hydrogen) atoms. The SMILES string of the molecule is CCC(=O)NO.O=CO. The van der Waals surface area contributed by atoms with Crippen molar-refractivity contribution in [3.63, 3.8) is 0 Å². The van der Waals surface area contributed by atoms with Crippen LogP contribution in [0.1, 0.15) is 13.3 Å². The lowest BCUT2D eigenvalue weighted by Crippen LogP contribution is -2.16. The van der Waals surface area contributed by atoms with Gasteiger partial charge in [0, 0.05) is 6.42 Å². The molecule has 5 heteroatoms. The Hall–Kier alpha value is -1.10. The highest BCUT2D eigenvalue weighted by atomic mass is 16.5. The minimum atomic E-state index is -0.352. The standard InChI is InChI=1S/C3H7NO2.CH2O2/c1-2-3(5)4-6;2-1-3/h6H,2H2,1H3,(H,4,5);1H,(H,2,3). The number of hydrogen-bond donors (Lipinski definition) is 3. The zero-order valence-electron chi connectivity index (χ0n) is 5.00. The van der Waals surface area contributed by atoms with Crippen LogP contribution in [0.4, 0.5) is 0 Å². The Morgan fingerprint density at radius 3 is 2.11 bits per heavy atom. The van der Waals surface area contributed by atoms with Crippen molar-refractivity contribution in [3.8, 4) is 0 Å². The number of carboxylic acid groups (broad SMARTS) is 1. The van der Waals surface area contributed by atoms with Gasteiger partial charge in [0.2, 0.25) is 5.91 Å². The van der Waals surface area contributed by atoms with E-state index in [-0.39, 0.29) is 12.4 Å². The average molecular weight is 135 g/mol. The van der Waals surface area contributed by atoms with Crippen molar-refractivity contribution < 1.29 is 19.9 Å².